The Balaban J connectivity index is 2.28. The van der Waals surface area contributed by atoms with Gasteiger partial charge in [-0.05, 0) is 30.5 Å². The van der Waals surface area contributed by atoms with Crippen LogP contribution in [-0.4, -0.2) is 12.7 Å². The topological polar surface area (TPSA) is 47.3 Å². The van der Waals surface area contributed by atoms with E-state index in [4.69, 9.17) is 10.6 Å². The lowest BCUT2D eigenvalue weighted by Crippen LogP contribution is -2.46. The van der Waals surface area contributed by atoms with Gasteiger partial charge < -0.3 is 4.74 Å². The summed E-state index contributed by atoms with van der Waals surface area (Å²) in [5.41, 5.74) is 2.32. The van der Waals surface area contributed by atoms with Crippen LogP contribution in [0.3, 0.4) is 0 Å². The molecule has 0 heterocycles. The van der Waals surface area contributed by atoms with E-state index in [1.54, 1.807) is 7.11 Å². The van der Waals surface area contributed by atoms with Gasteiger partial charge >= 0.3 is 6.18 Å². The third-order valence-electron chi connectivity index (χ3n) is 4.12. The quantitative estimate of drug-likeness (QED) is 0.661. The summed E-state index contributed by atoms with van der Waals surface area (Å²) in [6, 6.07) is 4.78. The number of nitrogens with two attached hydrogens (primary N) is 1. The summed E-state index contributed by atoms with van der Waals surface area (Å²) in [4.78, 5) is 0. The van der Waals surface area contributed by atoms with Gasteiger partial charge in [-0.3, -0.25) is 11.3 Å². The zero-order valence-electron chi connectivity index (χ0n) is 11.3. The number of nitrogens with one attached hydrogen (secondary N) is 1. The van der Waals surface area contributed by atoms with E-state index in [2.05, 4.69) is 5.43 Å². The molecule has 0 amide bonds. The first-order chi connectivity index (χ1) is 9.43. The van der Waals surface area contributed by atoms with Crippen molar-refractivity contribution in [2.75, 3.05) is 7.11 Å². The fourth-order valence-electron chi connectivity index (χ4n) is 3.00. The van der Waals surface area contributed by atoms with Gasteiger partial charge in [0.05, 0.1) is 17.2 Å². The highest BCUT2D eigenvalue weighted by molar-refractivity contribution is 5.29. The van der Waals surface area contributed by atoms with Crippen molar-refractivity contribution in [2.45, 2.75) is 43.5 Å². The normalized spacial score (nSPS) is 20.1. The third-order valence-corrected chi connectivity index (χ3v) is 4.12. The third kappa shape index (κ3) is 2.82. The van der Waals surface area contributed by atoms with Gasteiger partial charge in [-0.1, -0.05) is 25.0 Å². The number of hydrogen-bond acceptors (Lipinski definition) is 3. The number of methoxy groups -OCH3 is 1. The van der Waals surface area contributed by atoms with Crippen LogP contribution in [0.25, 0.3) is 0 Å². The predicted molar refractivity (Wildman–Crippen MR) is 69.7 cm³/mol. The minimum atomic E-state index is -4.32. The number of benzene rings is 1. The van der Waals surface area contributed by atoms with Crippen LogP contribution in [0.2, 0.25) is 0 Å². The van der Waals surface area contributed by atoms with Gasteiger partial charge in [0.25, 0.3) is 0 Å². The summed E-state index contributed by atoms with van der Waals surface area (Å²) in [6.45, 7) is 0. The second-order valence-corrected chi connectivity index (χ2v) is 5.20. The van der Waals surface area contributed by atoms with Gasteiger partial charge in [0.2, 0.25) is 0 Å². The predicted octanol–water partition coefficient (Wildman–Crippen LogP) is 3.17. The molecule has 3 nitrogen and oxygen atoms in total. The summed E-state index contributed by atoms with van der Waals surface area (Å²) < 4.78 is 43.4. The molecular weight excluding hydrogens is 269 g/mol. The molecule has 0 aliphatic heterocycles. The Bertz CT molecular complexity index is 439. The second-order valence-electron chi connectivity index (χ2n) is 5.20. The lowest BCUT2D eigenvalue weighted by molar-refractivity contribution is -0.137. The van der Waals surface area contributed by atoms with E-state index in [0.29, 0.717) is 5.56 Å². The minimum Gasteiger partial charge on any atom is -0.376 e. The number of halogens is 3. The Labute approximate surface area is 116 Å². The molecule has 1 aliphatic rings. The van der Waals surface area contributed by atoms with Crippen molar-refractivity contribution in [1.29, 1.82) is 0 Å². The molecule has 3 N–H and O–H groups in total. The number of rotatable bonds is 4. The Kier molecular flexibility index (Phi) is 4.36. The van der Waals surface area contributed by atoms with Gasteiger partial charge in [0, 0.05) is 7.11 Å². The molecule has 1 atom stereocenters. The first-order valence-corrected chi connectivity index (χ1v) is 6.61. The molecule has 0 bridgehead atoms. The van der Waals surface area contributed by atoms with E-state index in [1.165, 1.54) is 12.1 Å². The smallest absolute Gasteiger partial charge is 0.376 e. The molecule has 2 rings (SSSR count). The van der Waals surface area contributed by atoms with Gasteiger partial charge in [-0.2, -0.15) is 13.2 Å². The standard InChI is InChI=1S/C14H19F3N2O/c1-20-13(8-2-3-9-13)12(19-18)10-4-6-11(7-5-10)14(15,16)17/h4-7,12,19H,2-3,8-9,18H2,1H3. The monoisotopic (exact) mass is 288 g/mol. The van der Waals surface area contributed by atoms with Crippen LogP contribution in [0.4, 0.5) is 13.2 Å². The van der Waals surface area contributed by atoms with E-state index >= 15 is 0 Å². The average molecular weight is 288 g/mol. The maximum absolute atomic E-state index is 12.6. The van der Waals surface area contributed by atoms with Crippen molar-refractivity contribution >= 4 is 0 Å². The first-order valence-electron chi connectivity index (χ1n) is 6.61. The summed E-state index contributed by atoms with van der Waals surface area (Å²) >= 11 is 0. The van der Waals surface area contributed by atoms with Crippen molar-refractivity contribution in [3.63, 3.8) is 0 Å². The fraction of sp³-hybridized carbons (Fsp3) is 0.571. The first kappa shape index (κ1) is 15.3. The van der Waals surface area contributed by atoms with Crippen LogP contribution >= 0.6 is 0 Å². The average Bonchev–Trinajstić information content (AvgIpc) is 2.89. The molecule has 1 saturated carbocycles. The summed E-state index contributed by atoms with van der Waals surface area (Å²) in [7, 11) is 1.62. The molecular formula is C14H19F3N2O. The molecule has 1 aromatic rings. The van der Waals surface area contributed by atoms with E-state index < -0.39 is 17.3 Å². The molecule has 6 heteroatoms. The minimum absolute atomic E-state index is 0.308. The highest BCUT2D eigenvalue weighted by Crippen LogP contribution is 2.42. The molecule has 112 valence electrons. The number of alkyl halides is 3. The van der Waals surface area contributed by atoms with E-state index in [9.17, 15) is 13.2 Å². The maximum Gasteiger partial charge on any atom is 0.416 e. The summed E-state index contributed by atoms with van der Waals surface area (Å²) in [6.07, 6.45) is -0.561. The van der Waals surface area contributed by atoms with Crippen LogP contribution in [0.5, 0.6) is 0 Å². The van der Waals surface area contributed by atoms with Crippen molar-refractivity contribution in [1.82, 2.24) is 5.43 Å². The second kappa shape index (κ2) is 5.71. The van der Waals surface area contributed by atoms with Crippen molar-refractivity contribution in [3.8, 4) is 0 Å². The number of ether oxygens (including phenoxy) is 1. The Hall–Kier alpha value is -1.11. The number of hydrazine groups is 1. The molecule has 1 fully saturated rings. The molecule has 0 radical (unpaired) electrons. The van der Waals surface area contributed by atoms with Gasteiger partial charge in [0.1, 0.15) is 0 Å². The molecule has 0 spiro atoms. The van der Waals surface area contributed by atoms with E-state index in [0.717, 1.165) is 37.8 Å². The lowest BCUT2D eigenvalue weighted by Gasteiger charge is -2.36. The van der Waals surface area contributed by atoms with Crippen LogP contribution in [-0.2, 0) is 10.9 Å². The van der Waals surface area contributed by atoms with Crippen LogP contribution < -0.4 is 11.3 Å². The fourth-order valence-corrected chi connectivity index (χ4v) is 3.00. The molecule has 0 saturated heterocycles. The highest BCUT2D eigenvalue weighted by Gasteiger charge is 2.42. The zero-order valence-corrected chi connectivity index (χ0v) is 11.3. The molecule has 20 heavy (non-hydrogen) atoms. The lowest BCUT2D eigenvalue weighted by atomic mass is 9.87. The SMILES string of the molecule is COC1(C(NN)c2ccc(C(F)(F)F)cc2)CCCC1. The molecule has 1 aromatic carbocycles. The van der Waals surface area contributed by atoms with Gasteiger partial charge in [-0.25, -0.2) is 0 Å². The number of hydrogen-bond donors (Lipinski definition) is 2. The van der Waals surface area contributed by atoms with Crippen LogP contribution in [0, 0.1) is 0 Å². The Morgan fingerprint density at radius 1 is 1.20 bits per heavy atom. The van der Waals surface area contributed by atoms with E-state index in [-0.39, 0.29) is 6.04 Å². The summed E-state index contributed by atoms with van der Waals surface area (Å²) in [5.74, 6) is 5.62. The van der Waals surface area contributed by atoms with Crippen LogP contribution in [0.1, 0.15) is 42.9 Å². The maximum atomic E-state index is 12.6. The van der Waals surface area contributed by atoms with Gasteiger partial charge in [-0.15, -0.1) is 0 Å². The van der Waals surface area contributed by atoms with Gasteiger partial charge in [0.15, 0.2) is 0 Å². The van der Waals surface area contributed by atoms with Crippen LogP contribution in [0.15, 0.2) is 24.3 Å². The largest absolute Gasteiger partial charge is 0.416 e. The van der Waals surface area contributed by atoms with E-state index in [1.807, 2.05) is 0 Å². The Morgan fingerprint density at radius 3 is 2.15 bits per heavy atom. The molecule has 1 unspecified atom stereocenters. The van der Waals surface area contributed by atoms with Crippen molar-refractivity contribution < 1.29 is 17.9 Å². The van der Waals surface area contributed by atoms with Crippen molar-refractivity contribution in [3.05, 3.63) is 35.4 Å². The highest BCUT2D eigenvalue weighted by atomic mass is 19.4. The Morgan fingerprint density at radius 2 is 1.75 bits per heavy atom. The zero-order chi connectivity index (χ0) is 14.8. The van der Waals surface area contributed by atoms with Crippen molar-refractivity contribution in [2.24, 2.45) is 5.84 Å². The molecule has 1 aliphatic carbocycles. The molecule has 0 aromatic heterocycles. The summed E-state index contributed by atoms with van der Waals surface area (Å²) in [5, 5.41) is 0.